The fraction of sp³-hybridized carbons (Fsp3) is 0.0526. The quantitative estimate of drug-likeness (QED) is 0.326. The van der Waals surface area contributed by atoms with E-state index in [1.165, 1.54) is 6.07 Å². The van der Waals surface area contributed by atoms with E-state index in [2.05, 4.69) is 13.2 Å². The molecule has 1 heterocycles. The van der Waals surface area contributed by atoms with Gasteiger partial charge in [-0.3, -0.25) is 5.41 Å². The van der Waals surface area contributed by atoms with E-state index in [-0.39, 0.29) is 18.3 Å². The maximum atomic E-state index is 10.7. The van der Waals surface area contributed by atoms with Crippen LogP contribution in [0, 0.1) is 5.41 Å². The first-order chi connectivity index (χ1) is 12.0. The van der Waals surface area contributed by atoms with Crippen LogP contribution in [0.1, 0.15) is 21.9 Å². The van der Waals surface area contributed by atoms with Gasteiger partial charge in [-0.1, -0.05) is 25.3 Å². The minimum absolute atomic E-state index is 0.0394. The Labute approximate surface area is 144 Å². The minimum atomic E-state index is -1.13. The predicted octanol–water partition coefficient (Wildman–Crippen LogP) is 4.15. The largest absolute Gasteiger partial charge is 0.486 e. The third-order valence-electron chi connectivity index (χ3n) is 3.02. The Kier molecular flexibility index (Phi) is 5.95. The summed E-state index contributed by atoms with van der Waals surface area (Å²) in [5.74, 6) is -0.0124. The molecule has 6 heteroatoms. The molecule has 2 N–H and O–H groups in total. The molecule has 0 fully saturated rings. The van der Waals surface area contributed by atoms with Crippen molar-refractivity contribution in [2.75, 3.05) is 0 Å². The normalized spacial score (nSPS) is 10.4. The zero-order valence-corrected chi connectivity index (χ0v) is 13.4. The van der Waals surface area contributed by atoms with E-state index < -0.39 is 5.97 Å². The van der Waals surface area contributed by atoms with Crippen molar-refractivity contribution in [2.24, 2.45) is 0 Å². The van der Waals surface area contributed by atoms with Crippen LogP contribution in [0.3, 0.4) is 0 Å². The van der Waals surface area contributed by atoms with Crippen molar-refractivity contribution < 1.29 is 23.8 Å². The van der Waals surface area contributed by atoms with E-state index in [0.717, 1.165) is 0 Å². The van der Waals surface area contributed by atoms with Crippen LogP contribution in [-0.2, 0) is 11.3 Å². The summed E-state index contributed by atoms with van der Waals surface area (Å²) in [6.45, 7) is 7.32. The zero-order valence-electron chi connectivity index (χ0n) is 13.4. The number of allylic oxidation sites excluding steroid dienone is 3. The fourth-order valence-electron chi connectivity index (χ4n) is 1.83. The van der Waals surface area contributed by atoms with Gasteiger partial charge in [-0.25, -0.2) is 4.79 Å². The summed E-state index contributed by atoms with van der Waals surface area (Å²) < 4.78 is 15.9. The lowest BCUT2D eigenvalue weighted by atomic mass is 10.2. The van der Waals surface area contributed by atoms with Crippen molar-refractivity contribution in [1.29, 1.82) is 5.41 Å². The van der Waals surface area contributed by atoms with Crippen LogP contribution in [0.4, 0.5) is 0 Å². The molecule has 0 saturated carbocycles. The van der Waals surface area contributed by atoms with Crippen molar-refractivity contribution >= 4 is 11.9 Å². The second-order valence-electron chi connectivity index (χ2n) is 4.88. The molecule has 0 aliphatic carbocycles. The molecule has 128 valence electrons. The molecule has 0 spiro atoms. The molecule has 1 aromatic carbocycles. The van der Waals surface area contributed by atoms with Crippen LogP contribution in [0.25, 0.3) is 0 Å². The highest BCUT2D eigenvalue weighted by Crippen LogP contribution is 2.17. The van der Waals surface area contributed by atoms with Crippen molar-refractivity contribution in [3.63, 3.8) is 0 Å². The smallest absolute Gasteiger partial charge is 0.371 e. The van der Waals surface area contributed by atoms with Gasteiger partial charge in [0.05, 0.1) is 0 Å². The predicted molar refractivity (Wildman–Crippen MR) is 92.8 cm³/mol. The molecule has 2 aromatic rings. The maximum Gasteiger partial charge on any atom is 0.371 e. The number of hydrogen-bond acceptors (Lipinski definition) is 5. The summed E-state index contributed by atoms with van der Waals surface area (Å²) in [7, 11) is 0. The third-order valence-corrected chi connectivity index (χ3v) is 3.02. The second-order valence-corrected chi connectivity index (χ2v) is 4.88. The topological polar surface area (TPSA) is 92.8 Å². The summed E-state index contributed by atoms with van der Waals surface area (Å²) in [6.07, 6.45) is 4.85. The Hall–Kier alpha value is -3.54. The summed E-state index contributed by atoms with van der Waals surface area (Å²) >= 11 is 0. The van der Waals surface area contributed by atoms with Gasteiger partial charge in [0.15, 0.2) is 0 Å². The van der Waals surface area contributed by atoms with Crippen LogP contribution in [0.15, 0.2) is 78.0 Å². The molecule has 0 atom stereocenters. The lowest BCUT2D eigenvalue weighted by molar-refractivity contribution is 0.0658. The molecule has 0 unspecified atom stereocenters. The molecular weight excluding hydrogens is 322 g/mol. The van der Waals surface area contributed by atoms with E-state index in [9.17, 15) is 4.79 Å². The second kappa shape index (κ2) is 8.35. The number of hydrogen-bond donors (Lipinski definition) is 2. The van der Waals surface area contributed by atoms with Crippen molar-refractivity contribution in [3.8, 4) is 5.75 Å². The average Bonchev–Trinajstić information content (AvgIpc) is 3.08. The molecule has 25 heavy (non-hydrogen) atoms. The number of carboxylic acid groups (broad SMARTS) is 1. The highest BCUT2D eigenvalue weighted by atomic mass is 16.5. The number of carboxylic acids is 1. The first kappa shape index (κ1) is 17.8. The first-order valence-corrected chi connectivity index (χ1v) is 7.29. The molecule has 2 rings (SSSR count). The summed E-state index contributed by atoms with van der Waals surface area (Å²) in [4.78, 5) is 10.7. The van der Waals surface area contributed by atoms with Crippen molar-refractivity contribution in [2.45, 2.75) is 6.61 Å². The Morgan fingerprint density at radius 3 is 2.56 bits per heavy atom. The van der Waals surface area contributed by atoms with Crippen LogP contribution < -0.4 is 4.74 Å². The van der Waals surface area contributed by atoms with Crippen LogP contribution in [0.5, 0.6) is 5.75 Å². The van der Waals surface area contributed by atoms with Crippen LogP contribution in [-0.4, -0.2) is 17.0 Å². The number of rotatable bonds is 8. The Balaban J connectivity index is 1.91. The first-order valence-electron chi connectivity index (χ1n) is 7.29. The molecule has 0 amide bonds. The molecule has 1 aromatic heterocycles. The molecule has 6 nitrogen and oxygen atoms in total. The number of ether oxygens (including phenoxy) is 2. The maximum absolute atomic E-state index is 10.7. The molecule has 0 radical (unpaired) electrons. The van der Waals surface area contributed by atoms with Gasteiger partial charge < -0.3 is 19.0 Å². The molecule has 0 saturated heterocycles. The number of nitrogens with one attached hydrogen (secondary N) is 1. The van der Waals surface area contributed by atoms with E-state index in [1.807, 2.05) is 0 Å². The number of furan rings is 1. The molecule has 0 aliphatic rings. The van der Waals surface area contributed by atoms with E-state index in [1.54, 1.807) is 48.6 Å². The lowest BCUT2D eigenvalue weighted by Gasteiger charge is -2.08. The van der Waals surface area contributed by atoms with Gasteiger partial charge in [0.1, 0.15) is 23.9 Å². The Morgan fingerprint density at radius 1 is 1.24 bits per heavy atom. The van der Waals surface area contributed by atoms with Gasteiger partial charge in [0.2, 0.25) is 11.7 Å². The Bertz CT molecular complexity index is 815. The molecule has 0 bridgehead atoms. The monoisotopic (exact) mass is 339 g/mol. The molecule has 0 aliphatic heterocycles. The summed E-state index contributed by atoms with van der Waals surface area (Å²) in [5, 5.41) is 16.7. The van der Waals surface area contributed by atoms with E-state index >= 15 is 0 Å². The van der Waals surface area contributed by atoms with Gasteiger partial charge in [0.25, 0.3) is 0 Å². The number of carbonyl (C=O) groups is 1. The van der Waals surface area contributed by atoms with E-state index in [4.69, 9.17) is 24.4 Å². The summed E-state index contributed by atoms with van der Waals surface area (Å²) in [5.41, 5.74) is 0.562. The SMILES string of the molecule is C=C/C=C\C(=C)OC(=N)c1ccc(OCc2ccc(C(=O)O)o2)cc1. The minimum Gasteiger partial charge on any atom is -0.486 e. The highest BCUT2D eigenvalue weighted by molar-refractivity contribution is 5.92. The zero-order chi connectivity index (χ0) is 18.2. The Morgan fingerprint density at radius 2 is 1.96 bits per heavy atom. The van der Waals surface area contributed by atoms with Crippen molar-refractivity contribution in [1.82, 2.24) is 0 Å². The standard InChI is InChI=1S/C19H17NO5/c1-3-4-5-13(2)24-18(20)14-6-8-15(9-7-14)23-12-16-10-11-17(25-16)19(21)22/h3-11,20H,1-2,12H2,(H,21,22)/b5-4-,20-18?. The highest BCUT2D eigenvalue weighted by Gasteiger charge is 2.09. The molecular formula is C19H17NO5. The average molecular weight is 339 g/mol. The van der Waals surface area contributed by atoms with Crippen molar-refractivity contribution in [3.05, 3.63) is 90.6 Å². The number of aromatic carboxylic acids is 1. The fourth-order valence-corrected chi connectivity index (χ4v) is 1.83. The van der Waals surface area contributed by atoms with Gasteiger partial charge in [-0.15, -0.1) is 0 Å². The summed E-state index contributed by atoms with van der Waals surface area (Å²) in [6, 6.07) is 9.62. The van der Waals surface area contributed by atoms with Crippen LogP contribution in [0.2, 0.25) is 0 Å². The van der Waals surface area contributed by atoms with Gasteiger partial charge in [0, 0.05) is 5.56 Å². The lowest BCUT2D eigenvalue weighted by Crippen LogP contribution is -2.03. The van der Waals surface area contributed by atoms with Gasteiger partial charge in [-0.2, -0.15) is 0 Å². The van der Waals surface area contributed by atoms with Gasteiger partial charge in [-0.05, 0) is 42.5 Å². The van der Waals surface area contributed by atoms with E-state index in [0.29, 0.717) is 22.8 Å². The third kappa shape index (κ3) is 5.24. The number of benzene rings is 1. The van der Waals surface area contributed by atoms with Gasteiger partial charge >= 0.3 is 5.97 Å². The van der Waals surface area contributed by atoms with Crippen LogP contribution >= 0.6 is 0 Å².